The van der Waals surface area contributed by atoms with Crippen LogP contribution in [-0.4, -0.2) is 23.6 Å². The van der Waals surface area contributed by atoms with Crippen LogP contribution in [0.1, 0.15) is 11.1 Å². The molecule has 4 rings (SSSR count). The maximum Gasteiger partial charge on any atom is 0.269 e. The second kappa shape index (κ2) is 9.33. The van der Waals surface area contributed by atoms with Gasteiger partial charge in [-0.05, 0) is 23.8 Å². The number of fused-ring (bicyclic) bond motifs is 1. The van der Waals surface area contributed by atoms with Crippen molar-refractivity contribution in [3.05, 3.63) is 86.2 Å². The Kier molecular flexibility index (Phi) is 6.34. The number of benzene rings is 2. The second-order valence-electron chi connectivity index (χ2n) is 6.72. The zero-order valence-electron chi connectivity index (χ0n) is 16.8. The van der Waals surface area contributed by atoms with Gasteiger partial charge in [0, 0.05) is 35.8 Å². The standard InChI is InChI=1S/C22H17Cl2N3O5/c1-30-19-6-5-15-18(26-20-16(23)10-25-11-17(20)24)7-8-31-21(15)22(19)32-12-13-3-2-4-14(9-13)27(28)29/h2-7,9-11H,8,12H2,1H3,(H,25,26). The molecule has 8 nitrogen and oxygen atoms in total. The Bertz CT molecular complexity index is 1200. The van der Waals surface area contributed by atoms with E-state index in [1.165, 1.54) is 31.6 Å². The Morgan fingerprint density at radius 2 is 2.00 bits per heavy atom. The highest BCUT2D eigenvalue weighted by Crippen LogP contribution is 2.45. The molecule has 32 heavy (non-hydrogen) atoms. The summed E-state index contributed by atoms with van der Waals surface area (Å²) in [6.07, 6.45) is 4.85. The van der Waals surface area contributed by atoms with Crippen molar-refractivity contribution in [1.29, 1.82) is 0 Å². The fourth-order valence-corrected chi connectivity index (χ4v) is 3.67. The molecular formula is C22H17Cl2N3O5. The van der Waals surface area contributed by atoms with E-state index in [-0.39, 0.29) is 18.9 Å². The topological polar surface area (TPSA) is 95.8 Å². The Hall–Kier alpha value is -3.49. The third-order valence-electron chi connectivity index (χ3n) is 4.72. The maximum atomic E-state index is 11.0. The average molecular weight is 474 g/mol. The average Bonchev–Trinajstić information content (AvgIpc) is 2.80. The zero-order chi connectivity index (χ0) is 22.7. The van der Waals surface area contributed by atoms with Crippen molar-refractivity contribution in [2.45, 2.75) is 6.61 Å². The van der Waals surface area contributed by atoms with E-state index in [0.717, 1.165) is 11.3 Å². The lowest BCUT2D eigenvalue weighted by atomic mass is 10.1. The number of rotatable bonds is 7. The summed E-state index contributed by atoms with van der Waals surface area (Å²) in [5.74, 6) is 1.33. The highest BCUT2D eigenvalue weighted by Gasteiger charge is 2.24. The molecule has 2 aromatic carbocycles. The van der Waals surface area contributed by atoms with Gasteiger partial charge in [0.1, 0.15) is 13.2 Å². The van der Waals surface area contributed by atoms with Gasteiger partial charge in [0.15, 0.2) is 11.5 Å². The van der Waals surface area contributed by atoms with Crippen molar-refractivity contribution < 1.29 is 19.1 Å². The van der Waals surface area contributed by atoms with Crippen LogP contribution in [0.25, 0.3) is 5.70 Å². The quantitative estimate of drug-likeness (QED) is 0.345. The van der Waals surface area contributed by atoms with Gasteiger partial charge >= 0.3 is 0 Å². The monoisotopic (exact) mass is 473 g/mol. The molecule has 0 atom stereocenters. The fraction of sp³-hybridized carbons (Fsp3) is 0.136. The number of ether oxygens (including phenoxy) is 3. The maximum absolute atomic E-state index is 11.0. The lowest BCUT2D eigenvalue weighted by Gasteiger charge is -2.24. The molecular weight excluding hydrogens is 457 g/mol. The smallest absolute Gasteiger partial charge is 0.269 e. The molecule has 0 bridgehead atoms. The summed E-state index contributed by atoms with van der Waals surface area (Å²) in [4.78, 5) is 14.6. The fourth-order valence-electron chi connectivity index (χ4n) is 3.21. The van der Waals surface area contributed by atoms with Gasteiger partial charge in [0.05, 0.1) is 27.8 Å². The molecule has 0 amide bonds. The molecule has 0 aliphatic carbocycles. The highest BCUT2D eigenvalue weighted by atomic mass is 35.5. The summed E-state index contributed by atoms with van der Waals surface area (Å²) in [5, 5.41) is 15.0. The van der Waals surface area contributed by atoms with E-state index in [1.807, 2.05) is 12.1 Å². The first-order valence-corrected chi connectivity index (χ1v) is 10.2. The lowest BCUT2D eigenvalue weighted by molar-refractivity contribution is -0.384. The van der Waals surface area contributed by atoms with Gasteiger partial charge in [-0.3, -0.25) is 15.1 Å². The molecule has 10 heteroatoms. The van der Waals surface area contributed by atoms with E-state index in [4.69, 9.17) is 37.4 Å². The Morgan fingerprint density at radius 1 is 1.22 bits per heavy atom. The first-order valence-electron chi connectivity index (χ1n) is 9.44. The van der Waals surface area contributed by atoms with Crippen LogP contribution in [0.15, 0.2) is 54.9 Å². The highest BCUT2D eigenvalue weighted by molar-refractivity contribution is 6.39. The predicted octanol–water partition coefficient (Wildman–Crippen LogP) is 5.73. The Morgan fingerprint density at radius 3 is 2.72 bits per heavy atom. The number of methoxy groups -OCH3 is 1. The van der Waals surface area contributed by atoms with Gasteiger partial charge in [-0.2, -0.15) is 0 Å². The minimum absolute atomic E-state index is 0.00932. The Labute approximate surface area is 193 Å². The van der Waals surface area contributed by atoms with Gasteiger partial charge in [-0.1, -0.05) is 35.3 Å². The van der Waals surface area contributed by atoms with Crippen molar-refractivity contribution in [3.63, 3.8) is 0 Å². The van der Waals surface area contributed by atoms with Crippen LogP contribution in [-0.2, 0) is 6.61 Å². The molecule has 164 valence electrons. The van der Waals surface area contributed by atoms with Crippen LogP contribution >= 0.6 is 23.2 Å². The van der Waals surface area contributed by atoms with Crippen LogP contribution < -0.4 is 19.5 Å². The van der Waals surface area contributed by atoms with Gasteiger partial charge in [0.2, 0.25) is 5.75 Å². The van der Waals surface area contributed by atoms with E-state index >= 15 is 0 Å². The van der Waals surface area contributed by atoms with Gasteiger partial charge in [0.25, 0.3) is 5.69 Å². The lowest BCUT2D eigenvalue weighted by Crippen LogP contribution is -2.12. The summed E-state index contributed by atoms with van der Waals surface area (Å²) < 4.78 is 17.3. The third-order valence-corrected chi connectivity index (χ3v) is 5.29. The number of nitrogens with zero attached hydrogens (tertiary/aromatic N) is 2. The number of nitrogens with one attached hydrogen (secondary N) is 1. The predicted molar refractivity (Wildman–Crippen MR) is 122 cm³/mol. The minimum Gasteiger partial charge on any atom is -0.493 e. The number of nitro benzene ring substituents is 1. The van der Waals surface area contributed by atoms with E-state index in [9.17, 15) is 10.1 Å². The number of nitro groups is 1. The molecule has 0 spiro atoms. The molecule has 2 heterocycles. The molecule has 0 saturated heterocycles. The van der Waals surface area contributed by atoms with Crippen molar-refractivity contribution in [2.24, 2.45) is 0 Å². The summed E-state index contributed by atoms with van der Waals surface area (Å²) in [5.41, 5.74) is 2.60. The molecule has 1 aliphatic heterocycles. The largest absolute Gasteiger partial charge is 0.493 e. The van der Waals surface area contributed by atoms with Gasteiger partial charge in [-0.15, -0.1) is 0 Å². The molecule has 0 fully saturated rings. The summed E-state index contributed by atoms with van der Waals surface area (Å²) >= 11 is 12.5. The minimum atomic E-state index is -0.449. The SMILES string of the molecule is COc1ccc2c(c1OCc1cccc([N+](=O)[O-])c1)OCC=C2Nc1c(Cl)cncc1Cl. The van der Waals surface area contributed by atoms with Crippen molar-refractivity contribution >= 4 is 40.3 Å². The van der Waals surface area contributed by atoms with Crippen LogP contribution in [0, 0.1) is 10.1 Å². The van der Waals surface area contributed by atoms with E-state index in [2.05, 4.69) is 10.3 Å². The molecule has 1 aliphatic rings. The van der Waals surface area contributed by atoms with Crippen LogP contribution in [0.2, 0.25) is 10.0 Å². The summed E-state index contributed by atoms with van der Waals surface area (Å²) in [7, 11) is 1.52. The van der Waals surface area contributed by atoms with Crippen LogP contribution in [0.4, 0.5) is 11.4 Å². The van der Waals surface area contributed by atoms with E-state index < -0.39 is 4.92 Å². The second-order valence-corrected chi connectivity index (χ2v) is 7.54. The number of anilines is 1. The molecule has 0 unspecified atom stereocenters. The number of hydrogen-bond acceptors (Lipinski definition) is 7. The van der Waals surface area contributed by atoms with Gasteiger partial charge < -0.3 is 19.5 Å². The van der Waals surface area contributed by atoms with Crippen molar-refractivity contribution in [3.8, 4) is 17.2 Å². The number of pyridine rings is 1. The molecule has 0 saturated carbocycles. The third kappa shape index (κ3) is 4.42. The molecule has 1 N–H and O–H groups in total. The van der Waals surface area contributed by atoms with E-state index in [0.29, 0.717) is 38.5 Å². The first-order chi connectivity index (χ1) is 15.5. The first kappa shape index (κ1) is 21.7. The van der Waals surface area contributed by atoms with Crippen molar-refractivity contribution in [1.82, 2.24) is 4.98 Å². The Balaban J connectivity index is 1.65. The number of aromatic nitrogens is 1. The number of non-ortho nitro benzene ring substituents is 1. The van der Waals surface area contributed by atoms with Crippen LogP contribution in [0.5, 0.6) is 17.2 Å². The molecule has 0 radical (unpaired) electrons. The summed E-state index contributed by atoms with van der Waals surface area (Å²) in [6, 6.07) is 9.82. The van der Waals surface area contributed by atoms with E-state index in [1.54, 1.807) is 18.2 Å². The van der Waals surface area contributed by atoms with Crippen molar-refractivity contribution in [2.75, 3.05) is 19.0 Å². The number of halogens is 2. The molecule has 3 aromatic rings. The number of hydrogen-bond donors (Lipinski definition) is 1. The van der Waals surface area contributed by atoms with Crippen LogP contribution in [0.3, 0.4) is 0 Å². The normalized spacial score (nSPS) is 12.3. The summed E-state index contributed by atoms with van der Waals surface area (Å²) in [6.45, 7) is 0.363. The zero-order valence-corrected chi connectivity index (χ0v) is 18.3. The van der Waals surface area contributed by atoms with Gasteiger partial charge in [-0.25, -0.2) is 0 Å². The molecule has 1 aromatic heterocycles.